The van der Waals surface area contributed by atoms with Gasteiger partial charge in [-0.25, -0.2) is 4.68 Å². The Labute approximate surface area is 196 Å². The number of ether oxygens (including phenoxy) is 1. The lowest BCUT2D eigenvalue weighted by molar-refractivity contribution is -0.116. The zero-order chi connectivity index (χ0) is 23.3. The highest BCUT2D eigenvalue weighted by Gasteiger charge is 2.21. The number of carbonyl (C=O) groups excluding carboxylic acids is 2. The minimum atomic E-state index is -0.379. The smallest absolute Gasteiger partial charge is 0.274 e. The Morgan fingerprint density at radius 3 is 2.66 bits per heavy atom. The summed E-state index contributed by atoms with van der Waals surface area (Å²) in [6, 6.07) is 12.1. The second kappa shape index (κ2) is 10.5. The summed E-state index contributed by atoms with van der Waals surface area (Å²) in [5, 5.41) is 7.94. The van der Waals surface area contributed by atoms with Crippen molar-refractivity contribution in [2.75, 3.05) is 25.5 Å². The standard InChI is InChI=1S/C23H24Cl2N4O3/c1-4-10-28(14-22(30)26-19-13-16(24)6-7-17(19)25)23(31)18-9-11-29(27-18)20-12-15(2)5-8-21(20)32-3/h5-9,11-13H,4,10,14H2,1-3H3,(H,26,30). The van der Waals surface area contributed by atoms with Crippen molar-refractivity contribution in [2.24, 2.45) is 0 Å². The van der Waals surface area contributed by atoms with E-state index in [1.807, 2.05) is 32.0 Å². The van der Waals surface area contributed by atoms with Gasteiger partial charge in [0, 0.05) is 17.8 Å². The Morgan fingerprint density at radius 2 is 1.94 bits per heavy atom. The van der Waals surface area contributed by atoms with E-state index in [-0.39, 0.29) is 24.1 Å². The minimum absolute atomic E-state index is 0.143. The lowest BCUT2D eigenvalue weighted by atomic mass is 10.2. The molecule has 3 rings (SSSR count). The summed E-state index contributed by atoms with van der Waals surface area (Å²) in [5.74, 6) is -0.0822. The zero-order valence-corrected chi connectivity index (χ0v) is 19.6. The number of rotatable bonds is 8. The third kappa shape index (κ3) is 5.60. The lowest BCUT2D eigenvalue weighted by Gasteiger charge is -2.21. The molecular weight excluding hydrogens is 451 g/mol. The molecule has 0 aliphatic rings. The normalized spacial score (nSPS) is 10.7. The number of hydrogen-bond donors (Lipinski definition) is 1. The molecule has 0 radical (unpaired) electrons. The molecule has 32 heavy (non-hydrogen) atoms. The molecule has 9 heteroatoms. The van der Waals surface area contributed by atoms with E-state index in [2.05, 4.69) is 10.4 Å². The van der Waals surface area contributed by atoms with Crippen LogP contribution in [0.1, 0.15) is 29.4 Å². The van der Waals surface area contributed by atoms with Crippen LogP contribution < -0.4 is 10.1 Å². The molecule has 0 saturated carbocycles. The molecule has 7 nitrogen and oxygen atoms in total. The van der Waals surface area contributed by atoms with Gasteiger partial charge in [0.2, 0.25) is 5.91 Å². The molecule has 2 amide bonds. The fourth-order valence-corrected chi connectivity index (χ4v) is 3.53. The van der Waals surface area contributed by atoms with E-state index >= 15 is 0 Å². The Morgan fingerprint density at radius 1 is 1.16 bits per heavy atom. The molecule has 0 saturated heterocycles. The SMILES string of the molecule is CCCN(CC(=O)Nc1cc(Cl)ccc1Cl)C(=O)c1ccn(-c2cc(C)ccc2OC)n1. The number of methoxy groups -OCH3 is 1. The van der Waals surface area contributed by atoms with Gasteiger partial charge in [-0.2, -0.15) is 5.10 Å². The van der Waals surface area contributed by atoms with Gasteiger partial charge in [-0.05, 0) is 55.3 Å². The van der Waals surface area contributed by atoms with Crippen LogP contribution in [0.15, 0.2) is 48.7 Å². The Kier molecular flexibility index (Phi) is 7.77. The van der Waals surface area contributed by atoms with Crippen molar-refractivity contribution in [3.05, 3.63) is 70.0 Å². The molecular formula is C23H24Cl2N4O3. The average molecular weight is 475 g/mol. The first kappa shape index (κ1) is 23.6. The monoisotopic (exact) mass is 474 g/mol. The van der Waals surface area contributed by atoms with Crippen molar-refractivity contribution in [3.8, 4) is 11.4 Å². The maximum atomic E-state index is 13.1. The summed E-state index contributed by atoms with van der Waals surface area (Å²) < 4.78 is 7.00. The van der Waals surface area contributed by atoms with Crippen LogP contribution in [0.2, 0.25) is 10.0 Å². The molecule has 1 heterocycles. The van der Waals surface area contributed by atoms with Crippen LogP contribution in [0.3, 0.4) is 0 Å². The molecule has 0 fully saturated rings. The van der Waals surface area contributed by atoms with Gasteiger partial charge in [-0.15, -0.1) is 0 Å². The largest absolute Gasteiger partial charge is 0.494 e. The predicted octanol–water partition coefficient (Wildman–Crippen LogP) is 4.99. The van der Waals surface area contributed by atoms with Crippen molar-refractivity contribution >= 4 is 40.7 Å². The maximum Gasteiger partial charge on any atom is 0.274 e. The number of aromatic nitrogens is 2. The van der Waals surface area contributed by atoms with Crippen LogP contribution in [0, 0.1) is 6.92 Å². The molecule has 0 spiro atoms. The van der Waals surface area contributed by atoms with Gasteiger partial charge < -0.3 is 15.0 Å². The summed E-state index contributed by atoms with van der Waals surface area (Å²) in [6.45, 7) is 4.15. The summed E-state index contributed by atoms with van der Waals surface area (Å²) in [6.07, 6.45) is 2.38. The van der Waals surface area contributed by atoms with Crippen molar-refractivity contribution in [1.29, 1.82) is 0 Å². The van der Waals surface area contributed by atoms with Crippen LogP contribution in [-0.4, -0.2) is 46.7 Å². The van der Waals surface area contributed by atoms with Crippen molar-refractivity contribution in [2.45, 2.75) is 20.3 Å². The number of amides is 2. The number of anilines is 1. The number of nitrogens with zero attached hydrogens (tertiary/aromatic N) is 3. The number of hydrogen-bond acceptors (Lipinski definition) is 4. The first-order valence-electron chi connectivity index (χ1n) is 10.1. The molecule has 1 N–H and O–H groups in total. The van der Waals surface area contributed by atoms with E-state index in [4.69, 9.17) is 27.9 Å². The minimum Gasteiger partial charge on any atom is -0.494 e. The first-order valence-corrected chi connectivity index (χ1v) is 10.8. The molecule has 0 atom stereocenters. The summed E-state index contributed by atoms with van der Waals surface area (Å²) in [4.78, 5) is 27.1. The highest BCUT2D eigenvalue weighted by Crippen LogP contribution is 2.26. The van der Waals surface area contributed by atoms with Gasteiger partial charge in [-0.3, -0.25) is 9.59 Å². The Hall–Kier alpha value is -3.03. The fraction of sp³-hybridized carbons (Fsp3) is 0.261. The number of halogens is 2. The number of benzene rings is 2. The number of aryl methyl sites for hydroxylation is 1. The summed E-state index contributed by atoms with van der Waals surface area (Å²) >= 11 is 12.1. The van der Waals surface area contributed by atoms with Gasteiger partial charge in [0.05, 0.1) is 17.8 Å². The van der Waals surface area contributed by atoms with Gasteiger partial charge in [-0.1, -0.05) is 36.2 Å². The van der Waals surface area contributed by atoms with Gasteiger partial charge in [0.1, 0.15) is 18.0 Å². The molecule has 0 aliphatic carbocycles. The highest BCUT2D eigenvalue weighted by atomic mass is 35.5. The quantitative estimate of drug-likeness (QED) is 0.498. The van der Waals surface area contributed by atoms with E-state index in [0.29, 0.717) is 34.4 Å². The highest BCUT2D eigenvalue weighted by molar-refractivity contribution is 6.35. The molecule has 0 aliphatic heterocycles. The molecule has 1 aromatic heterocycles. The third-order valence-corrected chi connectivity index (χ3v) is 5.27. The van der Waals surface area contributed by atoms with Crippen molar-refractivity contribution in [1.82, 2.24) is 14.7 Å². The Bertz CT molecular complexity index is 1130. The van der Waals surface area contributed by atoms with Crippen LogP contribution >= 0.6 is 23.2 Å². The predicted molar refractivity (Wildman–Crippen MR) is 126 cm³/mol. The topological polar surface area (TPSA) is 76.5 Å². The van der Waals surface area contributed by atoms with E-state index < -0.39 is 0 Å². The molecule has 0 unspecified atom stereocenters. The first-order chi connectivity index (χ1) is 15.3. The summed E-state index contributed by atoms with van der Waals surface area (Å²) in [7, 11) is 1.58. The number of carbonyl (C=O) groups is 2. The molecule has 0 bridgehead atoms. The lowest BCUT2D eigenvalue weighted by Crippen LogP contribution is -2.38. The van der Waals surface area contributed by atoms with E-state index in [1.165, 1.54) is 4.90 Å². The van der Waals surface area contributed by atoms with Gasteiger partial charge >= 0.3 is 0 Å². The van der Waals surface area contributed by atoms with Gasteiger partial charge in [0.15, 0.2) is 5.69 Å². The molecule has 2 aromatic carbocycles. The van der Waals surface area contributed by atoms with E-state index in [1.54, 1.807) is 42.3 Å². The van der Waals surface area contributed by atoms with E-state index in [0.717, 1.165) is 11.3 Å². The molecule has 3 aromatic rings. The second-order valence-corrected chi connectivity index (χ2v) is 8.06. The van der Waals surface area contributed by atoms with Crippen molar-refractivity contribution < 1.29 is 14.3 Å². The average Bonchev–Trinajstić information content (AvgIpc) is 3.25. The summed E-state index contributed by atoms with van der Waals surface area (Å²) in [5.41, 5.74) is 2.38. The fourth-order valence-electron chi connectivity index (χ4n) is 3.19. The van der Waals surface area contributed by atoms with Crippen LogP contribution in [0.4, 0.5) is 5.69 Å². The maximum absolute atomic E-state index is 13.1. The van der Waals surface area contributed by atoms with Crippen LogP contribution in [0.25, 0.3) is 5.69 Å². The molecule has 168 valence electrons. The third-order valence-electron chi connectivity index (χ3n) is 4.71. The van der Waals surface area contributed by atoms with E-state index in [9.17, 15) is 9.59 Å². The second-order valence-electron chi connectivity index (χ2n) is 7.22. The van der Waals surface area contributed by atoms with Crippen LogP contribution in [0.5, 0.6) is 5.75 Å². The zero-order valence-electron chi connectivity index (χ0n) is 18.1. The van der Waals surface area contributed by atoms with Crippen molar-refractivity contribution in [3.63, 3.8) is 0 Å². The van der Waals surface area contributed by atoms with Crippen LogP contribution in [-0.2, 0) is 4.79 Å². The van der Waals surface area contributed by atoms with Gasteiger partial charge in [0.25, 0.3) is 5.91 Å². The number of nitrogens with one attached hydrogen (secondary N) is 1. The Balaban J connectivity index is 1.77.